The molecular formula is C14H16ClN5O3. The van der Waals surface area contributed by atoms with E-state index in [1.807, 2.05) is 0 Å². The van der Waals surface area contributed by atoms with Gasteiger partial charge in [0, 0.05) is 32.2 Å². The summed E-state index contributed by atoms with van der Waals surface area (Å²) in [4.78, 5) is 28.1. The van der Waals surface area contributed by atoms with Crippen molar-refractivity contribution >= 4 is 29.2 Å². The minimum absolute atomic E-state index is 0.176. The predicted molar refractivity (Wildman–Crippen MR) is 83.1 cm³/mol. The molecule has 8 nitrogen and oxygen atoms in total. The van der Waals surface area contributed by atoms with Gasteiger partial charge in [0.25, 0.3) is 11.8 Å². The molecule has 1 fully saturated rings. The molecule has 3 rings (SSSR count). The monoisotopic (exact) mass is 337 g/mol. The number of hydrogen-bond acceptors (Lipinski definition) is 5. The molecule has 1 aliphatic heterocycles. The molecule has 3 N–H and O–H groups in total. The molecule has 2 amide bonds. The van der Waals surface area contributed by atoms with Gasteiger partial charge in [0.1, 0.15) is 11.5 Å². The van der Waals surface area contributed by atoms with Crippen LogP contribution in [0, 0.1) is 0 Å². The normalized spacial score (nSPS) is 15.5. The van der Waals surface area contributed by atoms with Crippen LogP contribution < -0.4 is 5.73 Å². The van der Waals surface area contributed by atoms with E-state index in [2.05, 4.69) is 10.2 Å². The number of H-pyrrole nitrogens is 1. The summed E-state index contributed by atoms with van der Waals surface area (Å²) in [5, 5.41) is 6.54. The van der Waals surface area contributed by atoms with Gasteiger partial charge in [-0.1, -0.05) is 0 Å². The zero-order chi connectivity index (χ0) is 16.4. The highest BCUT2D eigenvalue weighted by molar-refractivity contribution is 6.29. The lowest BCUT2D eigenvalue weighted by Gasteiger charge is -2.21. The molecule has 0 bridgehead atoms. The molecule has 122 valence electrons. The van der Waals surface area contributed by atoms with Crippen LogP contribution in [0.15, 0.2) is 22.6 Å². The van der Waals surface area contributed by atoms with E-state index in [1.165, 1.54) is 12.1 Å². The number of nitrogens with two attached hydrogens (primary N) is 1. The maximum Gasteiger partial charge on any atom is 0.289 e. The molecule has 0 spiro atoms. The Bertz CT molecular complexity index is 665. The van der Waals surface area contributed by atoms with Crippen molar-refractivity contribution in [2.75, 3.05) is 31.9 Å². The Labute approximate surface area is 137 Å². The van der Waals surface area contributed by atoms with Gasteiger partial charge in [0.15, 0.2) is 11.0 Å². The predicted octanol–water partition coefficient (Wildman–Crippen LogP) is 1.23. The quantitative estimate of drug-likeness (QED) is 0.856. The van der Waals surface area contributed by atoms with E-state index in [9.17, 15) is 9.59 Å². The van der Waals surface area contributed by atoms with Gasteiger partial charge >= 0.3 is 0 Å². The molecule has 0 radical (unpaired) electrons. The summed E-state index contributed by atoms with van der Waals surface area (Å²) in [5.41, 5.74) is 5.87. The number of aromatic amines is 1. The van der Waals surface area contributed by atoms with Gasteiger partial charge < -0.3 is 20.0 Å². The molecule has 9 heteroatoms. The summed E-state index contributed by atoms with van der Waals surface area (Å²) in [6, 6.07) is 4.58. The maximum atomic E-state index is 12.4. The average Bonchev–Trinajstić information content (AvgIpc) is 3.07. The highest BCUT2D eigenvalue weighted by Crippen LogP contribution is 2.17. The van der Waals surface area contributed by atoms with Crippen LogP contribution in [0.4, 0.5) is 5.82 Å². The lowest BCUT2D eigenvalue weighted by atomic mass is 10.3. The van der Waals surface area contributed by atoms with E-state index in [4.69, 9.17) is 21.8 Å². The molecule has 1 aliphatic rings. The number of hydrogen-bond donors (Lipinski definition) is 2. The fraction of sp³-hybridized carbons (Fsp3) is 0.357. The van der Waals surface area contributed by atoms with E-state index in [-0.39, 0.29) is 28.6 Å². The van der Waals surface area contributed by atoms with Crippen LogP contribution in [0.1, 0.15) is 27.5 Å². The van der Waals surface area contributed by atoms with E-state index in [0.717, 1.165) is 0 Å². The zero-order valence-corrected chi connectivity index (χ0v) is 13.0. The second kappa shape index (κ2) is 6.33. The third kappa shape index (κ3) is 3.31. The lowest BCUT2D eigenvalue weighted by molar-refractivity contribution is 0.0698. The number of nitrogen functional groups attached to an aromatic ring is 1. The maximum absolute atomic E-state index is 12.4. The second-order valence-electron chi connectivity index (χ2n) is 5.25. The van der Waals surface area contributed by atoms with Gasteiger partial charge in [-0.25, -0.2) is 0 Å². The summed E-state index contributed by atoms with van der Waals surface area (Å²) in [6.07, 6.45) is 0.676. The van der Waals surface area contributed by atoms with Crippen LogP contribution in [0.25, 0.3) is 0 Å². The molecule has 0 unspecified atom stereocenters. The van der Waals surface area contributed by atoms with Gasteiger partial charge in [-0.2, -0.15) is 5.10 Å². The first kappa shape index (κ1) is 15.4. The Balaban J connectivity index is 1.65. The van der Waals surface area contributed by atoms with Crippen molar-refractivity contribution in [1.29, 1.82) is 0 Å². The fourth-order valence-corrected chi connectivity index (χ4v) is 2.67. The first-order valence-electron chi connectivity index (χ1n) is 7.19. The molecule has 0 atom stereocenters. The van der Waals surface area contributed by atoms with Crippen LogP contribution in [0.5, 0.6) is 0 Å². The van der Waals surface area contributed by atoms with E-state index in [0.29, 0.717) is 38.3 Å². The zero-order valence-electron chi connectivity index (χ0n) is 12.3. The van der Waals surface area contributed by atoms with Crippen molar-refractivity contribution in [1.82, 2.24) is 20.0 Å². The number of aromatic nitrogens is 2. The minimum atomic E-state index is -0.225. The number of anilines is 1. The van der Waals surface area contributed by atoms with Crippen molar-refractivity contribution in [2.24, 2.45) is 0 Å². The van der Waals surface area contributed by atoms with Crippen molar-refractivity contribution < 1.29 is 14.0 Å². The highest BCUT2D eigenvalue weighted by Gasteiger charge is 2.25. The third-order valence-corrected chi connectivity index (χ3v) is 3.89. The summed E-state index contributed by atoms with van der Waals surface area (Å²) in [5.74, 6) is 0.0762. The van der Waals surface area contributed by atoms with Gasteiger partial charge in [0.05, 0.1) is 0 Å². The topological polar surface area (TPSA) is 108 Å². The Morgan fingerprint density at radius 3 is 2.43 bits per heavy atom. The van der Waals surface area contributed by atoms with Crippen LogP contribution in [-0.4, -0.2) is 58.0 Å². The third-order valence-electron chi connectivity index (χ3n) is 3.68. The van der Waals surface area contributed by atoms with Crippen molar-refractivity contribution in [2.45, 2.75) is 6.42 Å². The van der Waals surface area contributed by atoms with E-state index < -0.39 is 0 Å². The Morgan fingerprint density at radius 2 is 1.87 bits per heavy atom. The Morgan fingerprint density at radius 1 is 1.17 bits per heavy atom. The van der Waals surface area contributed by atoms with Crippen LogP contribution in [0.3, 0.4) is 0 Å². The van der Waals surface area contributed by atoms with Crippen molar-refractivity contribution in [3.63, 3.8) is 0 Å². The molecule has 0 aromatic carbocycles. The SMILES string of the molecule is Nc1cc(C(=O)N2CCCN(C(=O)c3ccc(Cl)o3)CC2)[nH]n1. The Hall–Kier alpha value is -2.48. The van der Waals surface area contributed by atoms with Gasteiger partial charge in [-0.3, -0.25) is 14.7 Å². The van der Waals surface area contributed by atoms with E-state index in [1.54, 1.807) is 15.9 Å². The van der Waals surface area contributed by atoms with Crippen LogP contribution in [-0.2, 0) is 0 Å². The van der Waals surface area contributed by atoms with Gasteiger partial charge in [0.2, 0.25) is 0 Å². The number of carbonyl (C=O) groups excluding carboxylic acids is 2. The average molecular weight is 338 g/mol. The highest BCUT2D eigenvalue weighted by atomic mass is 35.5. The first-order chi connectivity index (χ1) is 11.0. The molecule has 2 aromatic heterocycles. The van der Waals surface area contributed by atoms with Crippen molar-refractivity contribution in [3.8, 4) is 0 Å². The van der Waals surface area contributed by atoms with Crippen LogP contribution >= 0.6 is 11.6 Å². The number of halogens is 1. The second-order valence-corrected chi connectivity index (χ2v) is 5.62. The number of nitrogens with one attached hydrogen (secondary N) is 1. The largest absolute Gasteiger partial charge is 0.440 e. The van der Waals surface area contributed by atoms with Crippen LogP contribution in [0.2, 0.25) is 5.22 Å². The number of nitrogens with zero attached hydrogens (tertiary/aromatic N) is 3. The summed E-state index contributed by atoms with van der Waals surface area (Å²) in [6.45, 7) is 1.96. The molecular weight excluding hydrogens is 322 g/mol. The molecule has 0 aliphatic carbocycles. The van der Waals surface area contributed by atoms with Gasteiger partial charge in [-0.15, -0.1) is 0 Å². The first-order valence-corrected chi connectivity index (χ1v) is 7.57. The molecule has 23 heavy (non-hydrogen) atoms. The van der Waals surface area contributed by atoms with Gasteiger partial charge in [-0.05, 0) is 30.2 Å². The van der Waals surface area contributed by atoms with E-state index >= 15 is 0 Å². The number of amides is 2. The molecule has 3 heterocycles. The summed E-state index contributed by atoms with van der Waals surface area (Å²) in [7, 11) is 0. The summed E-state index contributed by atoms with van der Waals surface area (Å²) < 4.78 is 5.15. The Kier molecular flexibility index (Phi) is 4.24. The fourth-order valence-electron chi connectivity index (χ4n) is 2.53. The number of furan rings is 1. The van der Waals surface area contributed by atoms with Crippen molar-refractivity contribution in [3.05, 3.63) is 34.9 Å². The smallest absolute Gasteiger partial charge is 0.289 e. The minimum Gasteiger partial charge on any atom is -0.440 e. The molecule has 1 saturated heterocycles. The standard InChI is InChI=1S/C14H16ClN5O3/c15-11-3-2-10(23-11)14(22)20-5-1-4-19(6-7-20)13(21)9-8-12(16)18-17-9/h2-3,8H,1,4-7H2,(H3,16,17,18). The molecule has 2 aromatic rings. The molecule has 0 saturated carbocycles. The number of rotatable bonds is 2. The number of carbonyl (C=O) groups is 2. The summed E-state index contributed by atoms with van der Waals surface area (Å²) >= 11 is 5.70. The lowest BCUT2D eigenvalue weighted by Crippen LogP contribution is -2.37.